The molecule has 0 aliphatic rings. The summed E-state index contributed by atoms with van der Waals surface area (Å²) in [5, 5.41) is 3.33. The van der Waals surface area contributed by atoms with Crippen LogP contribution >= 0.6 is 0 Å². The van der Waals surface area contributed by atoms with Crippen molar-refractivity contribution in [3.63, 3.8) is 0 Å². The maximum absolute atomic E-state index is 11.8. The van der Waals surface area contributed by atoms with Crippen molar-refractivity contribution in [2.45, 2.75) is 40.2 Å². The lowest BCUT2D eigenvalue weighted by Crippen LogP contribution is -2.55. The molecule has 0 aromatic rings. The average molecular weight is 244 g/mol. The molecule has 0 fully saturated rings. The molecule has 0 spiro atoms. The molecule has 17 heavy (non-hydrogen) atoms. The molecule has 0 aliphatic heterocycles. The number of likely N-dealkylation sites (N-methyl/N-ethyl adjacent to an activating group) is 1. The lowest BCUT2D eigenvalue weighted by atomic mass is 9.88. The third-order valence-electron chi connectivity index (χ3n) is 3.58. The number of carbonyl (C=O) groups is 1. The number of hydrogen-bond donors (Lipinski definition) is 1. The molecule has 102 valence electrons. The van der Waals surface area contributed by atoms with E-state index in [2.05, 4.69) is 24.1 Å². The van der Waals surface area contributed by atoms with Crippen molar-refractivity contribution >= 4 is 5.97 Å². The van der Waals surface area contributed by atoms with Gasteiger partial charge in [-0.2, -0.15) is 0 Å². The van der Waals surface area contributed by atoms with E-state index >= 15 is 0 Å². The Morgan fingerprint density at radius 2 is 1.88 bits per heavy atom. The van der Waals surface area contributed by atoms with Crippen molar-refractivity contribution in [3.05, 3.63) is 0 Å². The van der Waals surface area contributed by atoms with Crippen LogP contribution in [-0.2, 0) is 9.53 Å². The molecule has 0 radical (unpaired) electrons. The smallest absolute Gasteiger partial charge is 0.326 e. The van der Waals surface area contributed by atoms with Gasteiger partial charge in [-0.3, -0.25) is 4.79 Å². The summed E-state index contributed by atoms with van der Waals surface area (Å²) in [6, 6.07) is 0. The molecule has 4 nitrogen and oxygen atoms in total. The fourth-order valence-corrected chi connectivity index (χ4v) is 1.74. The van der Waals surface area contributed by atoms with Crippen molar-refractivity contribution in [2.24, 2.45) is 5.92 Å². The molecule has 1 unspecified atom stereocenters. The third kappa shape index (κ3) is 4.64. The molecular formula is C13H28N2O2. The maximum Gasteiger partial charge on any atom is 0.326 e. The van der Waals surface area contributed by atoms with E-state index in [1.165, 1.54) is 7.11 Å². The van der Waals surface area contributed by atoms with E-state index < -0.39 is 5.54 Å². The summed E-state index contributed by atoms with van der Waals surface area (Å²) in [4.78, 5) is 14.1. The van der Waals surface area contributed by atoms with E-state index in [0.29, 0.717) is 0 Å². The van der Waals surface area contributed by atoms with Crippen LogP contribution in [0.15, 0.2) is 0 Å². The lowest BCUT2D eigenvalue weighted by molar-refractivity contribution is -0.149. The number of ether oxygens (including phenoxy) is 1. The molecule has 0 aromatic carbocycles. The van der Waals surface area contributed by atoms with Gasteiger partial charge in [0.1, 0.15) is 5.54 Å². The summed E-state index contributed by atoms with van der Waals surface area (Å²) >= 11 is 0. The van der Waals surface area contributed by atoms with Gasteiger partial charge in [0.05, 0.1) is 7.11 Å². The minimum Gasteiger partial charge on any atom is -0.468 e. The van der Waals surface area contributed by atoms with Crippen molar-refractivity contribution in [1.29, 1.82) is 0 Å². The van der Waals surface area contributed by atoms with E-state index in [9.17, 15) is 4.79 Å². The zero-order chi connectivity index (χ0) is 13.5. The molecular weight excluding hydrogens is 216 g/mol. The second-order valence-corrected chi connectivity index (χ2v) is 4.80. The predicted octanol–water partition coefficient (Wildman–Crippen LogP) is 1.51. The van der Waals surface area contributed by atoms with Gasteiger partial charge in [0.15, 0.2) is 0 Å². The van der Waals surface area contributed by atoms with Crippen LogP contribution in [0.1, 0.15) is 34.6 Å². The van der Waals surface area contributed by atoms with Gasteiger partial charge in [-0.25, -0.2) is 0 Å². The van der Waals surface area contributed by atoms with Crippen LogP contribution in [0, 0.1) is 5.92 Å². The Balaban J connectivity index is 4.33. The fourth-order valence-electron chi connectivity index (χ4n) is 1.74. The molecule has 0 saturated carbocycles. The highest BCUT2D eigenvalue weighted by Gasteiger charge is 2.37. The molecule has 1 atom stereocenters. The average Bonchev–Trinajstić information content (AvgIpc) is 2.32. The van der Waals surface area contributed by atoms with Gasteiger partial charge in [0, 0.05) is 13.1 Å². The van der Waals surface area contributed by atoms with Crippen molar-refractivity contribution in [2.75, 3.05) is 33.3 Å². The summed E-state index contributed by atoms with van der Waals surface area (Å²) < 4.78 is 4.87. The minimum absolute atomic E-state index is 0.188. The van der Waals surface area contributed by atoms with Crippen LogP contribution in [0.2, 0.25) is 0 Å². The molecule has 0 aliphatic carbocycles. The Morgan fingerprint density at radius 1 is 1.35 bits per heavy atom. The number of methoxy groups -OCH3 is 1. The van der Waals surface area contributed by atoms with Crippen LogP contribution in [0.4, 0.5) is 0 Å². The zero-order valence-electron chi connectivity index (χ0n) is 12.2. The fraction of sp³-hybridized carbons (Fsp3) is 0.923. The van der Waals surface area contributed by atoms with Crippen LogP contribution in [0.3, 0.4) is 0 Å². The highest BCUT2D eigenvalue weighted by molar-refractivity contribution is 5.80. The summed E-state index contributed by atoms with van der Waals surface area (Å²) in [7, 11) is 1.44. The van der Waals surface area contributed by atoms with E-state index in [1.807, 2.05) is 20.8 Å². The zero-order valence-corrected chi connectivity index (χ0v) is 12.2. The van der Waals surface area contributed by atoms with E-state index in [1.54, 1.807) is 0 Å². The maximum atomic E-state index is 11.8. The van der Waals surface area contributed by atoms with Gasteiger partial charge >= 0.3 is 5.97 Å². The van der Waals surface area contributed by atoms with E-state index in [0.717, 1.165) is 26.2 Å². The molecule has 4 heteroatoms. The Kier molecular flexibility index (Phi) is 7.39. The summed E-state index contributed by atoms with van der Waals surface area (Å²) in [6.07, 6.45) is 0. The van der Waals surface area contributed by atoms with Gasteiger partial charge in [0.2, 0.25) is 0 Å². The highest BCUT2D eigenvalue weighted by atomic mass is 16.5. The van der Waals surface area contributed by atoms with Crippen molar-refractivity contribution < 1.29 is 9.53 Å². The molecule has 0 aromatic heterocycles. The number of esters is 1. The molecule has 0 saturated heterocycles. The number of nitrogens with zero attached hydrogens (tertiary/aromatic N) is 1. The number of carbonyl (C=O) groups excluding carboxylic acids is 1. The quantitative estimate of drug-likeness (QED) is 0.657. The van der Waals surface area contributed by atoms with E-state index in [-0.39, 0.29) is 11.9 Å². The molecule has 1 N–H and O–H groups in total. The van der Waals surface area contributed by atoms with Gasteiger partial charge in [-0.05, 0) is 25.9 Å². The Bertz CT molecular complexity index is 227. The molecule has 0 bridgehead atoms. The first-order valence-electron chi connectivity index (χ1n) is 6.48. The lowest BCUT2D eigenvalue weighted by Gasteiger charge is -2.32. The van der Waals surface area contributed by atoms with Crippen molar-refractivity contribution in [3.8, 4) is 0 Å². The predicted molar refractivity (Wildman–Crippen MR) is 71.0 cm³/mol. The molecule has 0 heterocycles. The van der Waals surface area contributed by atoms with Gasteiger partial charge in [-0.15, -0.1) is 0 Å². The first kappa shape index (κ1) is 16.4. The standard InChI is InChI=1S/C13H28N2O2/c1-7-15(8-2)10-9-14-13(5,11(3)4)12(16)17-6/h11,14H,7-10H2,1-6H3. The van der Waals surface area contributed by atoms with Crippen molar-refractivity contribution in [1.82, 2.24) is 10.2 Å². The van der Waals surface area contributed by atoms with Gasteiger partial charge in [0.25, 0.3) is 0 Å². The normalized spacial score (nSPS) is 15.1. The highest BCUT2D eigenvalue weighted by Crippen LogP contribution is 2.17. The second-order valence-electron chi connectivity index (χ2n) is 4.80. The second kappa shape index (κ2) is 7.67. The molecule has 0 amide bonds. The summed E-state index contributed by atoms with van der Waals surface area (Å²) in [5.41, 5.74) is -0.595. The minimum atomic E-state index is -0.595. The summed E-state index contributed by atoms with van der Waals surface area (Å²) in [6.45, 7) is 14.1. The van der Waals surface area contributed by atoms with Crippen LogP contribution in [-0.4, -0.2) is 49.7 Å². The van der Waals surface area contributed by atoms with Crippen LogP contribution in [0.5, 0.6) is 0 Å². The largest absolute Gasteiger partial charge is 0.468 e. The van der Waals surface area contributed by atoms with Gasteiger partial charge < -0.3 is 15.0 Å². The Morgan fingerprint density at radius 3 is 2.24 bits per heavy atom. The van der Waals surface area contributed by atoms with Gasteiger partial charge in [-0.1, -0.05) is 27.7 Å². The SMILES string of the molecule is CCN(CC)CCNC(C)(C(=O)OC)C(C)C. The number of nitrogens with one attached hydrogen (secondary N) is 1. The summed E-state index contributed by atoms with van der Waals surface area (Å²) in [5.74, 6) is 0.0127. The monoisotopic (exact) mass is 244 g/mol. The Labute approximate surface area is 106 Å². The van der Waals surface area contributed by atoms with Crippen LogP contribution < -0.4 is 5.32 Å². The molecule has 0 rings (SSSR count). The first-order valence-corrected chi connectivity index (χ1v) is 6.48. The first-order chi connectivity index (χ1) is 7.92. The number of rotatable bonds is 8. The number of hydrogen-bond acceptors (Lipinski definition) is 4. The van der Waals surface area contributed by atoms with Crippen LogP contribution in [0.25, 0.3) is 0 Å². The van der Waals surface area contributed by atoms with E-state index in [4.69, 9.17) is 4.74 Å². The third-order valence-corrected chi connectivity index (χ3v) is 3.58. The Hall–Kier alpha value is -0.610. The topological polar surface area (TPSA) is 41.6 Å².